The summed E-state index contributed by atoms with van der Waals surface area (Å²) in [6, 6.07) is 16.1. The van der Waals surface area contributed by atoms with Crippen LogP contribution >= 0.6 is 15.9 Å². The molecule has 106 valence electrons. The van der Waals surface area contributed by atoms with Crippen LogP contribution in [0.15, 0.2) is 42.5 Å². The zero-order valence-corrected chi connectivity index (χ0v) is 13.7. The minimum Gasteiger partial charge on any atom is -0.0924 e. The summed E-state index contributed by atoms with van der Waals surface area (Å²) in [6.45, 7) is 0. The molecule has 0 unspecified atom stereocenters. The molecule has 4 rings (SSSR count). The highest BCUT2D eigenvalue weighted by Gasteiger charge is 2.15. The van der Waals surface area contributed by atoms with Crippen molar-refractivity contribution < 1.29 is 0 Å². The first-order chi connectivity index (χ1) is 10.4. The van der Waals surface area contributed by atoms with Crippen LogP contribution in [0.4, 0.5) is 0 Å². The molecule has 21 heavy (non-hydrogen) atoms. The minimum absolute atomic E-state index is 1.03. The Labute approximate surface area is 134 Å². The zero-order valence-electron chi connectivity index (χ0n) is 12.2. The summed E-state index contributed by atoms with van der Waals surface area (Å²) in [7, 11) is 0. The molecule has 0 bridgehead atoms. The van der Waals surface area contributed by atoms with Gasteiger partial charge in [0, 0.05) is 5.33 Å². The highest BCUT2D eigenvalue weighted by atomic mass is 79.9. The lowest BCUT2D eigenvalue weighted by Gasteiger charge is -2.20. The Morgan fingerprint density at radius 3 is 2.43 bits per heavy atom. The Balaban J connectivity index is 2.11. The van der Waals surface area contributed by atoms with Gasteiger partial charge in [0.05, 0.1) is 0 Å². The average Bonchev–Trinajstić information content (AvgIpc) is 2.55. The minimum atomic E-state index is 1.03. The molecule has 0 fully saturated rings. The van der Waals surface area contributed by atoms with Crippen LogP contribution in [0.5, 0.6) is 0 Å². The molecule has 3 aromatic rings. The Morgan fingerprint density at radius 1 is 0.810 bits per heavy atom. The number of alkyl halides is 1. The molecular weight excluding hydrogens is 320 g/mol. The van der Waals surface area contributed by atoms with E-state index in [0.29, 0.717) is 0 Å². The fourth-order valence-corrected chi connectivity index (χ4v) is 4.24. The van der Waals surface area contributed by atoms with E-state index in [2.05, 4.69) is 58.4 Å². The second-order valence-electron chi connectivity index (χ2n) is 6.03. The van der Waals surface area contributed by atoms with E-state index < -0.39 is 0 Å². The molecule has 0 saturated carbocycles. The molecule has 0 atom stereocenters. The third kappa shape index (κ3) is 2.19. The second kappa shape index (κ2) is 5.46. The van der Waals surface area contributed by atoms with E-state index >= 15 is 0 Å². The van der Waals surface area contributed by atoms with Gasteiger partial charge in [0.2, 0.25) is 0 Å². The molecule has 0 aromatic heterocycles. The van der Waals surface area contributed by atoms with E-state index in [0.717, 1.165) is 11.8 Å². The number of rotatable bonds is 2. The molecule has 1 aliphatic carbocycles. The molecule has 0 N–H and O–H groups in total. The second-order valence-corrected chi connectivity index (χ2v) is 6.82. The third-order valence-corrected chi connectivity index (χ3v) is 5.22. The first-order valence-corrected chi connectivity index (χ1v) is 9.01. The van der Waals surface area contributed by atoms with Crippen molar-refractivity contribution in [1.29, 1.82) is 0 Å². The lowest BCUT2D eigenvalue weighted by molar-refractivity contribution is 0.690. The fourth-order valence-electron chi connectivity index (χ4n) is 3.81. The van der Waals surface area contributed by atoms with Crippen molar-refractivity contribution in [2.24, 2.45) is 0 Å². The molecule has 0 spiro atoms. The van der Waals surface area contributed by atoms with Crippen LogP contribution < -0.4 is 0 Å². The van der Waals surface area contributed by atoms with E-state index in [9.17, 15) is 0 Å². The van der Waals surface area contributed by atoms with Crippen LogP contribution in [-0.4, -0.2) is 5.33 Å². The van der Waals surface area contributed by atoms with Crippen molar-refractivity contribution in [1.82, 2.24) is 0 Å². The van der Waals surface area contributed by atoms with E-state index in [4.69, 9.17) is 0 Å². The Bertz CT molecular complexity index is 817. The van der Waals surface area contributed by atoms with Gasteiger partial charge in [-0.2, -0.15) is 0 Å². The molecular formula is C20H19Br. The van der Waals surface area contributed by atoms with Gasteiger partial charge < -0.3 is 0 Å². The summed E-state index contributed by atoms with van der Waals surface area (Å²) in [4.78, 5) is 0. The SMILES string of the molecule is BrCCc1cc2c3c(ccc2c2ccccc12)CCCC3. The third-order valence-electron chi connectivity index (χ3n) is 4.82. The van der Waals surface area contributed by atoms with E-state index in [-0.39, 0.29) is 0 Å². The van der Waals surface area contributed by atoms with Gasteiger partial charge in [-0.15, -0.1) is 0 Å². The van der Waals surface area contributed by atoms with E-state index in [1.54, 1.807) is 11.1 Å². The fraction of sp³-hybridized carbons (Fsp3) is 0.300. The summed E-state index contributed by atoms with van der Waals surface area (Å²) >= 11 is 3.61. The van der Waals surface area contributed by atoms with Gasteiger partial charge in [0.15, 0.2) is 0 Å². The van der Waals surface area contributed by atoms with Crippen molar-refractivity contribution in [3.63, 3.8) is 0 Å². The van der Waals surface area contributed by atoms with Gasteiger partial charge in [-0.05, 0) is 70.3 Å². The highest BCUT2D eigenvalue weighted by Crippen LogP contribution is 2.35. The van der Waals surface area contributed by atoms with Gasteiger partial charge in [-0.1, -0.05) is 58.4 Å². The van der Waals surface area contributed by atoms with Gasteiger partial charge in [-0.3, -0.25) is 0 Å². The van der Waals surface area contributed by atoms with Gasteiger partial charge in [0.25, 0.3) is 0 Å². The number of aryl methyl sites for hydroxylation is 3. The molecule has 0 saturated heterocycles. The Kier molecular flexibility index (Phi) is 3.46. The summed E-state index contributed by atoms with van der Waals surface area (Å²) in [5, 5.41) is 6.79. The van der Waals surface area contributed by atoms with E-state index in [1.165, 1.54) is 52.8 Å². The quantitative estimate of drug-likeness (QED) is 0.408. The molecule has 0 amide bonds. The Hall–Kier alpha value is -1.34. The topological polar surface area (TPSA) is 0 Å². The Morgan fingerprint density at radius 2 is 1.57 bits per heavy atom. The summed E-state index contributed by atoms with van der Waals surface area (Å²) in [6.07, 6.45) is 6.29. The van der Waals surface area contributed by atoms with Crippen LogP contribution in [-0.2, 0) is 19.3 Å². The summed E-state index contributed by atoms with van der Waals surface area (Å²) < 4.78 is 0. The van der Waals surface area contributed by atoms with Crippen LogP contribution in [0.25, 0.3) is 21.5 Å². The van der Waals surface area contributed by atoms with Crippen molar-refractivity contribution >= 4 is 37.5 Å². The molecule has 1 aliphatic rings. The maximum absolute atomic E-state index is 3.61. The van der Waals surface area contributed by atoms with Crippen LogP contribution in [0, 0.1) is 0 Å². The largest absolute Gasteiger partial charge is 0.0924 e. The normalized spacial score (nSPS) is 14.5. The molecule has 0 nitrogen and oxygen atoms in total. The van der Waals surface area contributed by atoms with Crippen molar-refractivity contribution in [2.45, 2.75) is 32.1 Å². The molecule has 0 radical (unpaired) electrons. The maximum atomic E-state index is 3.61. The number of hydrogen-bond acceptors (Lipinski definition) is 0. The number of fused-ring (bicyclic) bond motifs is 5. The average molecular weight is 339 g/mol. The predicted octanol–water partition coefficient (Wildman–Crippen LogP) is 5.81. The number of halogens is 1. The van der Waals surface area contributed by atoms with Crippen molar-refractivity contribution in [2.75, 3.05) is 5.33 Å². The lowest BCUT2D eigenvalue weighted by atomic mass is 9.85. The molecule has 0 aliphatic heterocycles. The predicted molar refractivity (Wildman–Crippen MR) is 95.6 cm³/mol. The molecule has 0 heterocycles. The van der Waals surface area contributed by atoms with E-state index in [1.807, 2.05) is 0 Å². The standard InChI is InChI=1S/C20H19Br/c21-12-11-15-13-20-16-6-2-1-5-14(16)9-10-19(20)18-8-4-3-7-17(15)18/h3-4,7-10,13H,1-2,5-6,11-12H2. The van der Waals surface area contributed by atoms with Crippen LogP contribution in [0.1, 0.15) is 29.5 Å². The maximum Gasteiger partial charge on any atom is 0.00720 e. The van der Waals surface area contributed by atoms with Crippen molar-refractivity contribution in [3.05, 3.63) is 59.2 Å². The summed E-state index contributed by atoms with van der Waals surface area (Å²) in [5.41, 5.74) is 4.67. The monoisotopic (exact) mass is 338 g/mol. The van der Waals surface area contributed by atoms with Gasteiger partial charge in [-0.25, -0.2) is 0 Å². The number of benzene rings is 3. The van der Waals surface area contributed by atoms with Crippen LogP contribution in [0.2, 0.25) is 0 Å². The smallest absolute Gasteiger partial charge is 0.00720 e. The molecule has 1 heteroatoms. The van der Waals surface area contributed by atoms with Gasteiger partial charge >= 0.3 is 0 Å². The first-order valence-electron chi connectivity index (χ1n) is 7.89. The first kappa shape index (κ1) is 13.3. The summed E-state index contributed by atoms with van der Waals surface area (Å²) in [5.74, 6) is 0. The zero-order chi connectivity index (χ0) is 14.2. The molecule has 3 aromatic carbocycles. The van der Waals surface area contributed by atoms with Gasteiger partial charge in [0.1, 0.15) is 0 Å². The highest BCUT2D eigenvalue weighted by molar-refractivity contribution is 9.09. The van der Waals surface area contributed by atoms with Crippen LogP contribution in [0.3, 0.4) is 0 Å². The number of hydrogen-bond donors (Lipinski definition) is 0. The lowest BCUT2D eigenvalue weighted by Crippen LogP contribution is -2.03. The van der Waals surface area contributed by atoms with Crippen molar-refractivity contribution in [3.8, 4) is 0 Å².